The Bertz CT molecular complexity index is 278. The summed E-state index contributed by atoms with van der Waals surface area (Å²) in [7, 11) is 0. The molecular formula is C12H21N2+. The second-order valence-electron chi connectivity index (χ2n) is 4.69. The Morgan fingerprint density at radius 1 is 1.57 bits per heavy atom. The molecule has 1 heterocycles. The molecule has 1 aliphatic carbocycles. The Hall–Kier alpha value is -0.790. The summed E-state index contributed by atoms with van der Waals surface area (Å²) >= 11 is 0. The van der Waals surface area contributed by atoms with Crippen LogP contribution in [0, 0.1) is 11.8 Å². The lowest BCUT2D eigenvalue weighted by Crippen LogP contribution is -2.26. The summed E-state index contributed by atoms with van der Waals surface area (Å²) in [6, 6.07) is 0. The molecule has 1 saturated carbocycles. The Kier molecular flexibility index (Phi) is 2.62. The zero-order valence-electron chi connectivity index (χ0n) is 9.34. The van der Waals surface area contributed by atoms with Crippen LogP contribution in [-0.4, -0.2) is 17.9 Å². The number of nitrogens with zero attached hydrogens (tertiary/aromatic N) is 1. The van der Waals surface area contributed by atoms with Crippen LogP contribution in [0.5, 0.6) is 0 Å². The molecule has 0 bridgehead atoms. The number of hydrazine groups is 1. The number of fused-ring (bicyclic) bond motifs is 1. The highest BCUT2D eigenvalue weighted by Gasteiger charge is 2.45. The largest absolute Gasteiger partial charge is 0.174 e. The van der Waals surface area contributed by atoms with E-state index in [2.05, 4.69) is 26.0 Å². The summed E-state index contributed by atoms with van der Waals surface area (Å²) in [6.45, 7) is 9.56. The van der Waals surface area contributed by atoms with Gasteiger partial charge in [-0.25, -0.2) is 0 Å². The zero-order valence-corrected chi connectivity index (χ0v) is 9.34. The minimum atomic E-state index is 0.876. The van der Waals surface area contributed by atoms with Crippen molar-refractivity contribution < 1.29 is 4.68 Å². The summed E-state index contributed by atoms with van der Waals surface area (Å²) < 4.78 is 2.00. The average Bonchev–Trinajstić information content (AvgIpc) is 2.83. The Morgan fingerprint density at radius 2 is 2.36 bits per heavy atom. The average molecular weight is 193 g/mol. The van der Waals surface area contributed by atoms with Crippen molar-refractivity contribution in [3.05, 3.63) is 11.3 Å². The van der Waals surface area contributed by atoms with Crippen molar-refractivity contribution in [2.75, 3.05) is 6.54 Å². The number of nitrogens with one attached hydrogen (secondary N) is 1. The lowest BCUT2D eigenvalue weighted by Gasteiger charge is -2.08. The van der Waals surface area contributed by atoms with Gasteiger partial charge in [-0.2, -0.15) is 5.43 Å². The van der Waals surface area contributed by atoms with Crippen LogP contribution < -0.4 is 5.43 Å². The highest BCUT2D eigenvalue weighted by atomic mass is 15.4. The van der Waals surface area contributed by atoms with Crippen molar-refractivity contribution in [2.24, 2.45) is 11.8 Å². The van der Waals surface area contributed by atoms with Crippen molar-refractivity contribution in [1.82, 2.24) is 5.43 Å². The van der Waals surface area contributed by atoms with E-state index in [1.54, 1.807) is 5.57 Å². The third-order valence-corrected chi connectivity index (χ3v) is 3.43. The van der Waals surface area contributed by atoms with Crippen LogP contribution in [0.25, 0.3) is 0 Å². The molecule has 1 aliphatic heterocycles. The molecular weight excluding hydrogens is 172 g/mol. The maximum atomic E-state index is 3.99. The van der Waals surface area contributed by atoms with Crippen molar-refractivity contribution in [2.45, 2.75) is 39.5 Å². The molecule has 2 nitrogen and oxygen atoms in total. The fourth-order valence-electron chi connectivity index (χ4n) is 2.53. The van der Waals surface area contributed by atoms with E-state index in [0.29, 0.717) is 0 Å². The van der Waals surface area contributed by atoms with E-state index >= 15 is 0 Å². The summed E-state index contributed by atoms with van der Waals surface area (Å²) in [5.41, 5.74) is 6.39. The molecule has 14 heavy (non-hydrogen) atoms. The highest BCUT2D eigenvalue weighted by molar-refractivity contribution is 5.23. The van der Waals surface area contributed by atoms with Gasteiger partial charge in [-0.15, -0.1) is 4.68 Å². The van der Waals surface area contributed by atoms with Gasteiger partial charge in [-0.1, -0.05) is 13.3 Å². The van der Waals surface area contributed by atoms with Gasteiger partial charge in [0.1, 0.15) is 0 Å². The first kappa shape index (κ1) is 9.75. The number of hydrogen-bond acceptors (Lipinski definition) is 1. The molecule has 2 aliphatic rings. The predicted molar refractivity (Wildman–Crippen MR) is 59.2 cm³/mol. The molecule has 78 valence electrons. The number of hydrogen-bond donors (Lipinski definition) is 1. The first-order chi connectivity index (χ1) is 6.72. The van der Waals surface area contributed by atoms with Crippen LogP contribution in [0.15, 0.2) is 11.3 Å². The first-order valence-electron chi connectivity index (χ1n) is 5.76. The summed E-state index contributed by atoms with van der Waals surface area (Å²) in [4.78, 5) is 0. The van der Waals surface area contributed by atoms with Crippen LogP contribution in [0.2, 0.25) is 0 Å². The maximum absolute atomic E-state index is 3.99. The third-order valence-electron chi connectivity index (χ3n) is 3.43. The van der Waals surface area contributed by atoms with Gasteiger partial charge in [0.05, 0.1) is 5.70 Å². The fraction of sp³-hybridized carbons (Fsp3) is 0.750. The molecule has 0 radical (unpaired) electrons. The van der Waals surface area contributed by atoms with E-state index in [0.717, 1.165) is 18.4 Å². The second kappa shape index (κ2) is 3.76. The van der Waals surface area contributed by atoms with E-state index in [1.165, 1.54) is 31.4 Å². The van der Waals surface area contributed by atoms with Crippen LogP contribution in [0.1, 0.15) is 39.5 Å². The molecule has 0 aromatic carbocycles. The van der Waals surface area contributed by atoms with Crippen LogP contribution in [0.4, 0.5) is 0 Å². The van der Waals surface area contributed by atoms with Crippen LogP contribution >= 0.6 is 0 Å². The normalized spacial score (nSPS) is 30.9. The van der Waals surface area contributed by atoms with Gasteiger partial charge in [0.2, 0.25) is 0 Å². The quantitative estimate of drug-likeness (QED) is 0.680. The molecule has 1 fully saturated rings. The lowest BCUT2D eigenvalue weighted by molar-refractivity contribution is -0.574. The van der Waals surface area contributed by atoms with Gasteiger partial charge in [0, 0.05) is 5.92 Å². The van der Waals surface area contributed by atoms with E-state index in [-0.39, 0.29) is 0 Å². The van der Waals surface area contributed by atoms with Crippen molar-refractivity contribution in [3.63, 3.8) is 0 Å². The van der Waals surface area contributed by atoms with E-state index < -0.39 is 0 Å². The summed E-state index contributed by atoms with van der Waals surface area (Å²) in [5, 5.41) is 0. The van der Waals surface area contributed by atoms with Crippen LogP contribution in [0.3, 0.4) is 0 Å². The van der Waals surface area contributed by atoms with Crippen molar-refractivity contribution in [3.8, 4) is 0 Å². The minimum Gasteiger partial charge on any atom is -0.171 e. The SMILES string of the molecule is C=[N+]1CC2CC2C(CCCC)=C(C)N1. The predicted octanol–water partition coefficient (Wildman–Crippen LogP) is 2.32. The van der Waals surface area contributed by atoms with Gasteiger partial charge in [0.25, 0.3) is 0 Å². The smallest absolute Gasteiger partial charge is 0.171 e. The van der Waals surface area contributed by atoms with E-state index in [1.807, 2.05) is 4.68 Å². The lowest BCUT2D eigenvalue weighted by atomic mass is 10.0. The topological polar surface area (TPSA) is 15.0 Å². The molecule has 0 saturated heterocycles. The highest BCUT2D eigenvalue weighted by Crippen LogP contribution is 2.47. The van der Waals surface area contributed by atoms with Gasteiger partial charge in [-0.3, -0.25) is 0 Å². The number of unbranched alkanes of at least 4 members (excludes halogenated alkanes) is 1. The monoisotopic (exact) mass is 193 g/mol. The molecule has 2 heteroatoms. The molecule has 0 aromatic heterocycles. The molecule has 0 aromatic rings. The number of hydrazone groups is 1. The van der Waals surface area contributed by atoms with Crippen molar-refractivity contribution in [1.29, 1.82) is 0 Å². The first-order valence-corrected chi connectivity index (χ1v) is 5.76. The number of rotatable bonds is 3. The molecule has 2 unspecified atom stereocenters. The Balaban J connectivity index is 2.09. The standard InChI is InChI=1S/C12H21N2/c1-4-5-6-11-9(2)13-14(3)8-10-7-12(10)11/h10,12-13H,3-8H2,1-2H3/q+1. The second-order valence-corrected chi connectivity index (χ2v) is 4.69. The van der Waals surface area contributed by atoms with Gasteiger partial charge >= 0.3 is 0 Å². The van der Waals surface area contributed by atoms with E-state index in [4.69, 9.17) is 0 Å². The zero-order chi connectivity index (χ0) is 10.1. The summed E-state index contributed by atoms with van der Waals surface area (Å²) in [5.74, 6) is 1.75. The third kappa shape index (κ3) is 1.84. The van der Waals surface area contributed by atoms with Crippen LogP contribution in [-0.2, 0) is 0 Å². The van der Waals surface area contributed by atoms with Gasteiger partial charge in [-0.05, 0) is 37.7 Å². The van der Waals surface area contributed by atoms with E-state index in [9.17, 15) is 0 Å². The maximum Gasteiger partial charge on any atom is 0.174 e. The Labute approximate surface area is 86.7 Å². The van der Waals surface area contributed by atoms with Gasteiger partial charge in [0.15, 0.2) is 13.3 Å². The van der Waals surface area contributed by atoms with Crippen molar-refractivity contribution >= 4 is 6.72 Å². The molecule has 2 atom stereocenters. The molecule has 0 spiro atoms. The fourth-order valence-corrected chi connectivity index (χ4v) is 2.53. The molecule has 2 rings (SSSR count). The molecule has 0 amide bonds. The number of allylic oxidation sites excluding steroid dienone is 2. The molecule has 1 N–H and O–H groups in total. The minimum absolute atomic E-state index is 0.876. The summed E-state index contributed by atoms with van der Waals surface area (Å²) in [6.07, 6.45) is 5.30. The van der Waals surface area contributed by atoms with Gasteiger partial charge < -0.3 is 0 Å². The Morgan fingerprint density at radius 3 is 3.07 bits per heavy atom.